The molecule has 5 N–H and O–H groups in total. The van der Waals surface area contributed by atoms with E-state index in [0.29, 0.717) is 23.9 Å². The van der Waals surface area contributed by atoms with Crippen LogP contribution in [0.3, 0.4) is 0 Å². The quantitative estimate of drug-likeness (QED) is 0.172. The van der Waals surface area contributed by atoms with Gasteiger partial charge in [0.25, 0.3) is 11.8 Å². The Kier molecular flexibility index (Phi) is 10.6. The second-order valence-electron chi connectivity index (χ2n) is 10.6. The molecule has 4 aromatic rings. The molecule has 0 aliphatic carbocycles. The average molecular weight is 624 g/mol. The lowest BCUT2D eigenvalue weighted by Gasteiger charge is -2.16. The molecule has 1 unspecified atom stereocenters. The summed E-state index contributed by atoms with van der Waals surface area (Å²) in [6.07, 6.45) is -0.447. The van der Waals surface area contributed by atoms with Crippen LogP contribution in [0.25, 0.3) is 22.8 Å². The predicted molar refractivity (Wildman–Crippen MR) is 157 cm³/mol. The third kappa shape index (κ3) is 8.47. The lowest BCUT2D eigenvalue weighted by Crippen LogP contribution is -2.41. The summed E-state index contributed by atoms with van der Waals surface area (Å²) in [6.45, 7) is 7.13. The Bertz CT molecular complexity index is 1640. The number of halogens is 1. The summed E-state index contributed by atoms with van der Waals surface area (Å²) < 4.78 is 36.7. The molecule has 0 radical (unpaired) electrons. The molecule has 2 heterocycles. The van der Waals surface area contributed by atoms with E-state index in [-0.39, 0.29) is 41.8 Å². The first-order valence-corrected chi connectivity index (χ1v) is 14.2. The van der Waals surface area contributed by atoms with Crippen LogP contribution >= 0.6 is 0 Å². The fourth-order valence-electron chi connectivity index (χ4n) is 4.02. The van der Waals surface area contributed by atoms with Gasteiger partial charge in [0.2, 0.25) is 23.4 Å². The smallest absolute Gasteiger partial charge is 0.323 e. The van der Waals surface area contributed by atoms with E-state index in [1.54, 1.807) is 19.1 Å². The van der Waals surface area contributed by atoms with E-state index >= 15 is 0 Å². The molecule has 2 aromatic carbocycles. The number of hydrogen-bond donors (Lipinski definition) is 3. The molecule has 0 spiro atoms. The van der Waals surface area contributed by atoms with Crippen molar-refractivity contribution < 1.29 is 37.3 Å². The van der Waals surface area contributed by atoms with Crippen LogP contribution in [0.1, 0.15) is 74.7 Å². The van der Waals surface area contributed by atoms with Crippen molar-refractivity contribution in [3.63, 3.8) is 0 Å². The van der Waals surface area contributed by atoms with Crippen molar-refractivity contribution in [1.82, 2.24) is 25.6 Å². The number of primary amides is 1. The third-order valence-electron chi connectivity index (χ3n) is 6.46. The highest BCUT2D eigenvalue weighted by molar-refractivity contribution is 5.95. The minimum absolute atomic E-state index is 0.110. The van der Waals surface area contributed by atoms with Crippen LogP contribution in [0, 0.1) is 5.82 Å². The second-order valence-corrected chi connectivity index (χ2v) is 10.6. The number of ether oxygens (including phenoxy) is 2. The van der Waals surface area contributed by atoms with E-state index < -0.39 is 41.8 Å². The molecule has 0 saturated heterocycles. The molecule has 4 rings (SSSR count). The number of esters is 1. The van der Waals surface area contributed by atoms with Gasteiger partial charge in [0.1, 0.15) is 24.2 Å². The third-order valence-corrected chi connectivity index (χ3v) is 6.46. The van der Waals surface area contributed by atoms with Gasteiger partial charge in [-0.2, -0.15) is 9.97 Å². The first-order valence-electron chi connectivity index (χ1n) is 14.2. The van der Waals surface area contributed by atoms with E-state index in [4.69, 9.17) is 30.0 Å². The number of nitrogens with two attached hydrogens (primary N) is 2. The summed E-state index contributed by atoms with van der Waals surface area (Å²) in [6, 6.07) is 9.13. The molecule has 14 nitrogen and oxygen atoms in total. The molecule has 0 bridgehead atoms. The SMILES string of the molecule is CCC(Oc1ccc(-c2noc(C(C)C)n2)cc1)c1nc(-c2ccc(C(=O)N[C@H](C)COC(=O)[C@@H](N)CC(N)=O)c(F)c2)no1. The minimum Gasteiger partial charge on any atom is -0.481 e. The van der Waals surface area contributed by atoms with Crippen molar-refractivity contribution in [3.8, 4) is 28.5 Å². The fraction of sp³-hybridized carbons (Fsp3) is 0.367. The Hall–Kier alpha value is -5.18. The molecular formula is C30H34FN7O7. The second kappa shape index (κ2) is 14.5. The predicted octanol–water partition coefficient (Wildman–Crippen LogP) is 3.44. The first-order chi connectivity index (χ1) is 21.4. The molecule has 2 aromatic heterocycles. The summed E-state index contributed by atoms with van der Waals surface area (Å²) in [5.41, 5.74) is 11.3. The number of nitrogens with one attached hydrogen (secondary N) is 1. The Morgan fingerprint density at radius 3 is 2.18 bits per heavy atom. The number of nitrogens with zero attached hydrogens (tertiary/aromatic N) is 4. The number of rotatable bonds is 14. The van der Waals surface area contributed by atoms with Gasteiger partial charge in [-0.1, -0.05) is 37.2 Å². The zero-order chi connectivity index (χ0) is 32.7. The molecule has 238 valence electrons. The van der Waals surface area contributed by atoms with Crippen LogP contribution in [0.5, 0.6) is 5.75 Å². The fourth-order valence-corrected chi connectivity index (χ4v) is 4.02. The van der Waals surface area contributed by atoms with E-state index in [9.17, 15) is 18.8 Å². The van der Waals surface area contributed by atoms with Crippen molar-refractivity contribution in [2.75, 3.05) is 6.61 Å². The number of benzene rings is 2. The number of aromatic nitrogens is 4. The molecule has 0 saturated carbocycles. The molecule has 2 amide bonds. The Balaban J connectivity index is 1.36. The highest BCUT2D eigenvalue weighted by Crippen LogP contribution is 2.28. The van der Waals surface area contributed by atoms with E-state index in [0.717, 1.165) is 11.6 Å². The highest BCUT2D eigenvalue weighted by atomic mass is 19.1. The summed E-state index contributed by atoms with van der Waals surface area (Å²) >= 11 is 0. The standard InChI is InChI=1S/C30H34FN7O7/c1-5-23(43-19-9-6-17(7-10-19)25-35-28(15(2)3)44-37-25)29-36-26(38-45-29)18-8-11-20(21(31)12-18)27(40)34-16(4)14-42-30(41)22(32)13-24(33)39/h6-12,15-16,22-23H,5,13-14,32H2,1-4H3,(H2,33,39)(H,34,40)/t16-,22+,23?/m1/s1. The van der Waals surface area contributed by atoms with Gasteiger partial charge < -0.3 is 35.3 Å². The molecule has 3 atom stereocenters. The number of carbonyl (C=O) groups is 3. The summed E-state index contributed by atoms with van der Waals surface area (Å²) in [4.78, 5) is 44.1. The highest BCUT2D eigenvalue weighted by Gasteiger charge is 2.23. The van der Waals surface area contributed by atoms with Crippen molar-refractivity contribution >= 4 is 17.8 Å². The zero-order valence-corrected chi connectivity index (χ0v) is 25.2. The zero-order valence-electron chi connectivity index (χ0n) is 25.2. The van der Waals surface area contributed by atoms with Crippen LogP contribution in [0.4, 0.5) is 4.39 Å². The van der Waals surface area contributed by atoms with Crippen LogP contribution in [-0.4, -0.2) is 56.8 Å². The lowest BCUT2D eigenvalue weighted by molar-refractivity contribution is -0.147. The van der Waals surface area contributed by atoms with Gasteiger partial charge in [0.05, 0.1) is 18.0 Å². The van der Waals surface area contributed by atoms with Gasteiger partial charge in [-0.15, -0.1) is 0 Å². The van der Waals surface area contributed by atoms with Gasteiger partial charge in [-0.3, -0.25) is 14.4 Å². The average Bonchev–Trinajstić information content (AvgIpc) is 3.70. The monoisotopic (exact) mass is 623 g/mol. The topological polar surface area (TPSA) is 212 Å². The van der Waals surface area contributed by atoms with Gasteiger partial charge in [-0.05, 0) is 49.7 Å². The van der Waals surface area contributed by atoms with Crippen LogP contribution in [0.2, 0.25) is 0 Å². The summed E-state index contributed by atoms with van der Waals surface area (Å²) in [7, 11) is 0. The first kappa shape index (κ1) is 32.7. The van der Waals surface area contributed by atoms with Gasteiger partial charge in [0.15, 0.2) is 6.10 Å². The van der Waals surface area contributed by atoms with E-state index in [1.807, 2.05) is 32.9 Å². The largest absolute Gasteiger partial charge is 0.481 e. The van der Waals surface area contributed by atoms with Crippen molar-refractivity contribution in [3.05, 3.63) is 65.6 Å². The summed E-state index contributed by atoms with van der Waals surface area (Å²) in [5, 5.41) is 10.5. The van der Waals surface area contributed by atoms with Crippen molar-refractivity contribution in [2.45, 2.75) is 64.6 Å². The summed E-state index contributed by atoms with van der Waals surface area (Å²) in [5.74, 6) is -1.15. The van der Waals surface area contributed by atoms with Gasteiger partial charge >= 0.3 is 5.97 Å². The number of amides is 2. The molecule has 0 fully saturated rings. The lowest BCUT2D eigenvalue weighted by atomic mass is 10.1. The Morgan fingerprint density at radius 1 is 0.956 bits per heavy atom. The molecule has 15 heteroatoms. The Morgan fingerprint density at radius 2 is 1.58 bits per heavy atom. The number of hydrogen-bond acceptors (Lipinski definition) is 12. The van der Waals surface area contributed by atoms with Crippen molar-refractivity contribution in [1.29, 1.82) is 0 Å². The van der Waals surface area contributed by atoms with E-state index in [1.165, 1.54) is 12.1 Å². The minimum atomic E-state index is -1.21. The Labute approximate surface area is 257 Å². The maximum absolute atomic E-state index is 15.0. The molecular weight excluding hydrogens is 589 g/mol. The van der Waals surface area contributed by atoms with Crippen LogP contribution in [0.15, 0.2) is 51.5 Å². The maximum Gasteiger partial charge on any atom is 0.323 e. The number of carbonyl (C=O) groups excluding carboxylic acids is 3. The van der Waals surface area contributed by atoms with Gasteiger partial charge in [-0.25, -0.2) is 4.39 Å². The van der Waals surface area contributed by atoms with E-state index in [2.05, 4.69) is 25.6 Å². The molecule has 0 aliphatic heterocycles. The maximum atomic E-state index is 15.0. The molecule has 0 aliphatic rings. The van der Waals surface area contributed by atoms with Crippen LogP contribution < -0.4 is 21.5 Å². The normalized spacial score (nSPS) is 13.2. The van der Waals surface area contributed by atoms with Crippen molar-refractivity contribution in [2.24, 2.45) is 11.5 Å². The van der Waals surface area contributed by atoms with Crippen LogP contribution in [-0.2, 0) is 14.3 Å². The molecule has 45 heavy (non-hydrogen) atoms. The van der Waals surface area contributed by atoms with Gasteiger partial charge in [0, 0.05) is 17.0 Å².